The van der Waals surface area contributed by atoms with Crippen LogP contribution in [0.5, 0.6) is 0 Å². The molecule has 1 amide bonds. The Bertz CT molecular complexity index is 1450. The van der Waals surface area contributed by atoms with E-state index in [1.54, 1.807) is 0 Å². The number of nitrogens with one attached hydrogen (secondary N) is 1. The minimum Gasteiger partial charge on any atom is -0.322 e. The molecule has 160 valence electrons. The maximum atomic E-state index is 13.4. The van der Waals surface area contributed by atoms with Crippen molar-refractivity contribution in [3.05, 3.63) is 120 Å². The SMILES string of the molecule is Cc1cccc(NC(=O)c2cc(-c3ccc(-c4ccccc4)cc3)nc3ccccc23)c1C. The first-order valence-corrected chi connectivity index (χ1v) is 11.0. The average molecular weight is 429 g/mol. The molecule has 3 heteroatoms. The summed E-state index contributed by atoms with van der Waals surface area (Å²) in [6, 6.07) is 34.2. The van der Waals surface area contributed by atoms with Crippen molar-refractivity contribution in [1.29, 1.82) is 0 Å². The number of hydrogen-bond acceptors (Lipinski definition) is 2. The van der Waals surface area contributed by atoms with Gasteiger partial charge in [-0.25, -0.2) is 4.98 Å². The zero-order chi connectivity index (χ0) is 22.8. The van der Waals surface area contributed by atoms with Crippen LogP contribution in [0.2, 0.25) is 0 Å². The molecule has 1 heterocycles. The molecule has 0 aliphatic carbocycles. The van der Waals surface area contributed by atoms with Gasteiger partial charge in [0.05, 0.1) is 16.8 Å². The van der Waals surface area contributed by atoms with Gasteiger partial charge in [0.25, 0.3) is 5.91 Å². The summed E-state index contributed by atoms with van der Waals surface area (Å²) in [5, 5.41) is 3.94. The van der Waals surface area contributed by atoms with Crippen LogP contribution in [0.3, 0.4) is 0 Å². The van der Waals surface area contributed by atoms with Crippen LogP contribution in [0.1, 0.15) is 21.5 Å². The number of carbonyl (C=O) groups excluding carboxylic acids is 1. The number of hydrogen-bond donors (Lipinski definition) is 1. The highest BCUT2D eigenvalue weighted by Gasteiger charge is 2.15. The van der Waals surface area contributed by atoms with Crippen LogP contribution in [0.4, 0.5) is 5.69 Å². The second kappa shape index (κ2) is 8.71. The van der Waals surface area contributed by atoms with E-state index in [0.717, 1.165) is 44.5 Å². The molecule has 0 saturated heterocycles. The standard InChI is InChI=1S/C30H24N2O/c1-20-9-8-14-27(21(20)2)32-30(33)26-19-29(31-28-13-7-6-12-25(26)28)24-17-15-23(16-18-24)22-10-4-3-5-11-22/h3-19H,1-2H3,(H,32,33). The Morgan fingerprint density at radius 3 is 2.15 bits per heavy atom. The molecule has 5 rings (SSSR count). The molecule has 4 aromatic carbocycles. The van der Waals surface area contributed by atoms with E-state index in [1.165, 1.54) is 5.56 Å². The fourth-order valence-corrected chi connectivity index (χ4v) is 4.05. The second-order valence-electron chi connectivity index (χ2n) is 8.22. The molecule has 0 atom stereocenters. The quantitative estimate of drug-likeness (QED) is 0.323. The smallest absolute Gasteiger partial charge is 0.256 e. The number of para-hydroxylation sites is 1. The van der Waals surface area contributed by atoms with E-state index in [-0.39, 0.29) is 5.91 Å². The number of anilines is 1. The molecule has 0 aliphatic heterocycles. The molecule has 33 heavy (non-hydrogen) atoms. The number of amides is 1. The van der Waals surface area contributed by atoms with Gasteiger partial charge < -0.3 is 5.32 Å². The number of benzene rings is 4. The number of nitrogens with zero attached hydrogens (tertiary/aromatic N) is 1. The lowest BCUT2D eigenvalue weighted by Gasteiger charge is -2.13. The molecule has 0 spiro atoms. The first kappa shape index (κ1) is 20.7. The molecule has 0 radical (unpaired) electrons. The summed E-state index contributed by atoms with van der Waals surface area (Å²) in [6.07, 6.45) is 0. The third-order valence-electron chi connectivity index (χ3n) is 6.10. The van der Waals surface area contributed by atoms with Gasteiger partial charge in [-0.1, -0.05) is 84.9 Å². The molecule has 0 saturated carbocycles. The number of rotatable bonds is 4. The summed E-state index contributed by atoms with van der Waals surface area (Å²) in [5.74, 6) is -0.135. The van der Waals surface area contributed by atoms with Gasteiger partial charge in [0, 0.05) is 16.6 Å². The number of aromatic nitrogens is 1. The van der Waals surface area contributed by atoms with Crippen LogP contribution < -0.4 is 5.32 Å². The molecule has 0 fully saturated rings. The van der Waals surface area contributed by atoms with Crippen molar-refractivity contribution in [3.63, 3.8) is 0 Å². The highest BCUT2D eigenvalue weighted by Crippen LogP contribution is 2.28. The molecule has 0 aliphatic rings. The molecular weight excluding hydrogens is 404 g/mol. The van der Waals surface area contributed by atoms with Crippen LogP contribution in [0, 0.1) is 13.8 Å². The lowest BCUT2D eigenvalue weighted by molar-refractivity contribution is 0.102. The predicted octanol–water partition coefficient (Wildman–Crippen LogP) is 7.44. The van der Waals surface area contributed by atoms with Gasteiger partial charge in [-0.05, 0) is 54.3 Å². The van der Waals surface area contributed by atoms with Crippen molar-refractivity contribution < 1.29 is 4.79 Å². The van der Waals surface area contributed by atoms with Gasteiger partial charge >= 0.3 is 0 Å². The van der Waals surface area contributed by atoms with Gasteiger partial charge in [-0.2, -0.15) is 0 Å². The Labute approximate surface area is 193 Å². The fraction of sp³-hybridized carbons (Fsp3) is 0.0667. The van der Waals surface area contributed by atoms with Crippen molar-refractivity contribution in [3.8, 4) is 22.4 Å². The highest BCUT2D eigenvalue weighted by atomic mass is 16.1. The van der Waals surface area contributed by atoms with Gasteiger partial charge in [-0.3, -0.25) is 4.79 Å². The van der Waals surface area contributed by atoms with Crippen molar-refractivity contribution in [2.24, 2.45) is 0 Å². The lowest BCUT2D eigenvalue weighted by Crippen LogP contribution is -2.14. The molecule has 1 aromatic heterocycles. The number of pyridine rings is 1. The first-order chi connectivity index (χ1) is 16.1. The van der Waals surface area contributed by atoms with Gasteiger partial charge in [0.15, 0.2) is 0 Å². The average Bonchev–Trinajstić information content (AvgIpc) is 2.86. The topological polar surface area (TPSA) is 42.0 Å². The summed E-state index contributed by atoms with van der Waals surface area (Å²) in [5.41, 5.74) is 8.52. The molecule has 0 unspecified atom stereocenters. The maximum Gasteiger partial charge on any atom is 0.256 e. The Morgan fingerprint density at radius 1 is 0.697 bits per heavy atom. The van der Waals surface area contributed by atoms with Crippen LogP contribution in [-0.2, 0) is 0 Å². The molecule has 1 N–H and O–H groups in total. The third kappa shape index (κ3) is 4.13. The van der Waals surface area contributed by atoms with Crippen LogP contribution in [-0.4, -0.2) is 10.9 Å². The molecule has 0 bridgehead atoms. The largest absolute Gasteiger partial charge is 0.322 e. The van der Waals surface area contributed by atoms with E-state index >= 15 is 0 Å². The Hall–Kier alpha value is -4.24. The summed E-state index contributed by atoms with van der Waals surface area (Å²) < 4.78 is 0. The summed E-state index contributed by atoms with van der Waals surface area (Å²) in [7, 11) is 0. The molecule has 3 nitrogen and oxygen atoms in total. The van der Waals surface area contributed by atoms with E-state index in [9.17, 15) is 4.79 Å². The predicted molar refractivity (Wildman–Crippen MR) is 136 cm³/mol. The Morgan fingerprint density at radius 2 is 1.36 bits per heavy atom. The van der Waals surface area contributed by atoms with E-state index < -0.39 is 0 Å². The Kier molecular flexibility index (Phi) is 5.45. The molecular formula is C30H24N2O. The number of carbonyl (C=O) groups is 1. The zero-order valence-electron chi connectivity index (χ0n) is 18.7. The van der Waals surface area contributed by atoms with E-state index in [4.69, 9.17) is 4.98 Å². The second-order valence-corrected chi connectivity index (χ2v) is 8.22. The first-order valence-electron chi connectivity index (χ1n) is 11.0. The van der Waals surface area contributed by atoms with Gasteiger partial charge in [0.2, 0.25) is 0 Å². The van der Waals surface area contributed by atoms with Gasteiger partial charge in [-0.15, -0.1) is 0 Å². The van der Waals surface area contributed by atoms with Crippen molar-refractivity contribution >= 4 is 22.5 Å². The van der Waals surface area contributed by atoms with Crippen LogP contribution in [0.15, 0.2) is 103 Å². The fourth-order valence-electron chi connectivity index (χ4n) is 4.05. The van der Waals surface area contributed by atoms with E-state index in [1.807, 2.05) is 80.6 Å². The summed E-state index contributed by atoms with van der Waals surface area (Å²) >= 11 is 0. The van der Waals surface area contributed by atoms with Crippen molar-refractivity contribution in [1.82, 2.24) is 4.98 Å². The van der Waals surface area contributed by atoms with E-state index in [2.05, 4.69) is 41.7 Å². The van der Waals surface area contributed by atoms with Crippen LogP contribution >= 0.6 is 0 Å². The third-order valence-corrected chi connectivity index (χ3v) is 6.10. The van der Waals surface area contributed by atoms with Crippen LogP contribution in [0.25, 0.3) is 33.3 Å². The highest BCUT2D eigenvalue weighted by molar-refractivity contribution is 6.13. The summed E-state index contributed by atoms with van der Waals surface area (Å²) in [4.78, 5) is 18.2. The maximum absolute atomic E-state index is 13.4. The Balaban J connectivity index is 1.55. The molecule has 5 aromatic rings. The minimum absolute atomic E-state index is 0.135. The van der Waals surface area contributed by atoms with Crippen molar-refractivity contribution in [2.45, 2.75) is 13.8 Å². The number of aryl methyl sites for hydroxylation is 1. The van der Waals surface area contributed by atoms with E-state index in [0.29, 0.717) is 5.56 Å². The normalized spacial score (nSPS) is 10.8. The van der Waals surface area contributed by atoms with Crippen molar-refractivity contribution in [2.75, 3.05) is 5.32 Å². The monoisotopic (exact) mass is 428 g/mol. The summed E-state index contributed by atoms with van der Waals surface area (Å²) in [6.45, 7) is 4.07. The minimum atomic E-state index is -0.135. The lowest BCUT2D eigenvalue weighted by atomic mass is 10.00. The number of fused-ring (bicyclic) bond motifs is 1. The zero-order valence-corrected chi connectivity index (χ0v) is 18.7. The van der Waals surface area contributed by atoms with Gasteiger partial charge in [0.1, 0.15) is 0 Å².